The second-order valence-corrected chi connectivity index (χ2v) is 6.73. The van der Waals surface area contributed by atoms with Gasteiger partial charge in [-0.05, 0) is 44.4 Å². The molecule has 1 heterocycles. The van der Waals surface area contributed by atoms with Crippen molar-refractivity contribution < 1.29 is 24.1 Å². The van der Waals surface area contributed by atoms with E-state index in [1.807, 2.05) is 0 Å². The Morgan fingerprint density at radius 3 is 2.58 bits per heavy atom. The van der Waals surface area contributed by atoms with Crippen molar-refractivity contribution in [3.8, 4) is 5.75 Å². The molecule has 1 aromatic heterocycles. The molecule has 7 nitrogen and oxygen atoms in total. The van der Waals surface area contributed by atoms with Crippen LogP contribution in [-0.4, -0.2) is 38.6 Å². The van der Waals surface area contributed by atoms with Gasteiger partial charge >= 0.3 is 6.09 Å². The Bertz CT molecular complexity index is 1000. The summed E-state index contributed by atoms with van der Waals surface area (Å²) in [6.07, 6.45) is 0.277. The molecule has 2 aromatic carbocycles. The molecular formula is C18H18FN3O4. The van der Waals surface area contributed by atoms with E-state index in [1.165, 1.54) is 18.3 Å². The summed E-state index contributed by atoms with van der Waals surface area (Å²) < 4.78 is 19.0. The highest BCUT2D eigenvalue weighted by atomic mass is 19.1. The van der Waals surface area contributed by atoms with Crippen molar-refractivity contribution in [3.63, 3.8) is 0 Å². The number of benzene rings is 2. The van der Waals surface area contributed by atoms with Gasteiger partial charge in [0.1, 0.15) is 11.6 Å². The molecule has 3 rings (SSSR count). The lowest BCUT2D eigenvalue weighted by Crippen LogP contribution is -2.46. The first-order chi connectivity index (χ1) is 12.2. The molecule has 2 N–H and O–H groups in total. The first-order valence-electron chi connectivity index (χ1n) is 7.88. The Morgan fingerprint density at radius 1 is 1.23 bits per heavy atom. The largest absolute Gasteiger partial charge is 0.467 e. The molecule has 0 aliphatic carbocycles. The quantitative estimate of drug-likeness (QED) is 0.549. The van der Waals surface area contributed by atoms with Crippen LogP contribution in [0.15, 0.2) is 30.5 Å². The fraction of sp³-hybridized carbons (Fsp3) is 0.278. The fourth-order valence-electron chi connectivity index (χ4n) is 2.83. The van der Waals surface area contributed by atoms with E-state index in [9.17, 15) is 14.3 Å². The van der Waals surface area contributed by atoms with Crippen LogP contribution in [0.1, 0.15) is 20.8 Å². The SMILES string of the molecule is CC(C)(C)N(C(=O)O)c1ncc2c(cc(OCO)c3ccc(F)cc32)n1. The van der Waals surface area contributed by atoms with E-state index in [-0.39, 0.29) is 5.95 Å². The molecule has 0 aliphatic rings. The highest BCUT2D eigenvalue weighted by Gasteiger charge is 2.30. The topological polar surface area (TPSA) is 95.8 Å². The number of aromatic nitrogens is 2. The van der Waals surface area contributed by atoms with Gasteiger partial charge in [-0.25, -0.2) is 24.1 Å². The first-order valence-corrected chi connectivity index (χ1v) is 7.88. The van der Waals surface area contributed by atoms with Crippen molar-refractivity contribution in [3.05, 3.63) is 36.3 Å². The molecule has 0 unspecified atom stereocenters. The van der Waals surface area contributed by atoms with Gasteiger partial charge in [0.15, 0.2) is 6.79 Å². The maximum atomic E-state index is 13.7. The third-order valence-electron chi connectivity index (χ3n) is 3.89. The zero-order valence-corrected chi connectivity index (χ0v) is 14.5. The minimum Gasteiger partial charge on any atom is -0.467 e. The lowest BCUT2D eigenvalue weighted by Gasteiger charge is -2.31. The van der Waals surface area contributed by atoms with Gasteiger partial charge < -0.3 is 14.9 Å². The predicted molar refractivity (Wildman–Crippen MR) is 95.0 cm³/mol. The Labute approximate surface area is 148 Å². The molecule has 1 amide bonds. The number of aliphatic hydroxyl groups excluding tert-OH is 1. The molecule has 136 valence electrons. The molecule has 0 aliphatic heterocycles. The van der Waals surface area contributed by atoms with Gasteiger partial charge in [-0.15, -0.1) is 0 Å². The monoisotopic (exact) mass is 359 g/mol. The van der Waals surface area contributed by atoms with Crippen LogP contribution < -0.4 is 9.64 Å². The number of carboxylic acid groups (broad SMARTS) is 1. The molecule has 8 heteroatoms. The second-order valence-electron chi connectivity index (χ2n) is 6.73. The minimum absolute atomic E-state index is 0.00296. The molecule has 0 bridgehead atoms. The third kappa shape index (κ3) is 3.11. The van der Waals surface area contributed by atoms with Gasteiger partial charge in [0.25, 0.3) is 0 Å². The molecule has 0 atom stereocenters. The van der Waals surface area contributed by atoms with Crippen molar-refractivity contribution in [2.24, 2.45) is 0 Å². The second kappa shape index (κ2) is 6.38. The minimum atomic E-state index is -1.18. The molecule has 26 heavy (non-hydrogen) atoms. The van der Waals surface area contributed by atoms with Gasteiger partial charge in [0.2, 0.25) is 5.95 Å². The summed E-state index contributed by atoms with van der Waals surface area (Å²) in [6, 6.07) is 5.73. The number of amides is 1. The summed E-state index contributed by atoms with van der Waals surface area (Å²) in [5, 5.41) is 20.3. The lowest BCUT2D eigenvalue weighted by atomic mass is 10.0. The number of fused-ring (bicyclic) bond motifs is 3. The Hall–Kier alpha value is -3.00. The highest BCUT2D eigenvalue weighted by Crippen LogP contribution is 2.34. The molecular weight excluding hydrogens is 341 g/mol. The van der Waals surface area contributed by atoms with Gasteiger partial charge in [-0.2, -0.15) is 0 Å². The van der Waals surface area contributed by atoms with E-state index in [0.29, 0.717) is 27.4 Å². The number of halogens is 1. The van der Waals surface area contributed by atoms with E-state index in [4.69, 9.17) is 9.84 Å². The number of aliphatic hydroxyl groups is 1. The van der Waals surface area contributed by atoms with Gasteiger partial charge in [0.05, 0.1) is 5.52 Å². The zero-order valence-electron chi connectivity index (χ0n) is 14.5. The van der Waals surface area contributed by atoms with Gasteiger partial charge in [-0.3, -0.25) is 0 Å². The molecule has 0 spiro atoms. The summed E-state index contributed by atoms with van der Waals surface area (Å²) in [5.41, 5.74) is -0.376. The summed E-state index contributed by atoms with van der Waals surface area (Å²) in [4.78, 5) is 21.2. The van der Waals surface area contributed by atoms with Crippen LogP contribution in [0.4, 0.5) is 15.1 Å². The summed E-state index contributed by atoms with van der Waals surface area (Å²) in [5.74, 6) is -0.119. The summed E-state index contributed by atoms with van der Waals surface area (Å²) >= 11 is 0. The number of anilines is 1. The highest BCUT2D eigenvalue weighted by molar-refractivity contribution is 6.09. The molecule has 0 saturated carbocycles. The maximum Gasteiger partial charge on any atom is 0.414 e. The standard InChI is InChI=1S/C18H18FN3O4/c1-18(2,3)22(17(24)25)16-20-8-13-12-6-10(19)4-5-11(12)15(26-9-23)7-14(13)21-16/h4-8,23H,9H2,1-3H3,(H,24,25). The van der Waals surface area contributed by atoms with Crippen molar-refractivity contribution in [2.45, 2.75) is 26.3 Å². The van der Waals surface area contributed by atoms with E-state index >= 15 is 0 Å². The number of hydrogen-bond donors (Lipinski definition) is 2. The molecule has 0 radical (unpaired) electrons. The predicted octanol–water partition coefficient (Wildman–Crippen LogP) is 3.53. The van der Waals surface area contributed by atoms with Crippen molar-refractivity contribution in [2.75, 3.05) is 11.7 Å². The third-order valence-corrected chi connectivity index (χ3v) is 3.89. The lowest BCUT2D eigenvalue weighted by molar-refractivity contribution is 0.100. The van der Waals surface area contributed by atoms with Crippen LogP contribution in [0.3, 0.4) is 0 Å². The van der Waals surface area contributed by atoms with Crippen molar-refractivity contribution in [1.82, 2.24) is 9.97 Å². The van der Waals surface area contributed by atoms with Crippen LogP contribution >= 0.6 is 0 Å². The summed E-state index contributed by atoms with van der Waals surface area (Å²) in [7, 11) is 0. The smallest absolute Gasteiger partial charge is 0.414 e. The average Bonchev–Trinajstić information content (AvgIpc) is 2.53. The Kier molecular flexibility index (Phi) is 4.37. The Morgan fingerprint density at radius 2 is 1.96 bits per heavy atom. The number of rotatable bonds is 3. The van der Waals surface area contributed by atoms with Gasteiger partial charge in [0, 0.05) is 28.6 Å². The number of ether oxygens (including phenoxy) is 1. The number of hydrogen-bond acceptors (Lipinski definition) is 5. The zero-order chi connectivity index (χ0) is 19.1. The van der Waals surface area contributed by atoms with E-state index in [2.05, 4.69) is 9.97 Å². The van der Waals surface area contributed by atoms with E-state index < -0.39 is 24.2 Å². The van der Waals surface area contributed by atoms with Crippen LogP contribution in [0.5, 0.6) is 5.75 Å². The summed E-state index contributed by atoms with van der Waals surface area (Å²) in [6.45, 7) is 4.62. The van der Waals surface area contributed by atoms with Crippen LogP contribution in [0.25, 0.3) is 21.7 Å². The maximum absolute atomic E-state index is 13.7. The molecule has 0 saturated heterocycles. The molecule has 3 aromatic rings. The van der Waals surface area contributed by atoms with Gasteiger partial charge in [-0.1, -0.05) is 0 Å². The van der Waals surface area contributed by atoms with E-state index in [0.717, 1.165) is 4.90 Å². The normalized spacial score (nSPS) is 11.7. The fourth-order valence-corrected chi connectivity index (χ4v) is 2.83. The number of carbonyl (C=O) groups is 1. The first kappa shape index (κ1) is 17.8. The van der Waals surface area contributed by atoms with Crippen molar-refractivity contribution in [1.29, 1.82) is 0 Å². The van der Waals surface area contributed by atoms with Crippen molar-refractivity contribution >= 4 is 33.7 Å². The van der Waals surface area contributed by atoms with Crippen LogP contribution in [-0.2, 0) is 0 Å². The average molecular weight is 359 g/mol. The van der Waals surface area contributed by atoms with E-state index in [1.54, 1.807) is 32.9 Å². The Balaban J connectivity index is 2.30. The van der Waals surface area contributed by atoms with Crippen LogP contribution in [0.2, 0.25) is 0 Å². The molecule has 0 fully saturated rings. The van der Waals surface area contributed by atoms with Crippen LogP contribution in [0, 0.1) is 5.82 Å². The number of nitrogens with zero attached hydrogens (tertiary/aromatic N) is 3.